The molecule has 0 aliphatic carbocycles. The van der Waals surface area contributed by atoms with Gasteiger partial charge in [-0.3, -0.25) is 4.79 Å². The molecule has 132 valence electrons. The van der Waals surface area contributed by atoms with E-state index < -0.39 is 0 Å². The van der Waals surface area contributed by atoms with E-state index in [0.717, 1.165) is 5.56 Å². The lowest BCUT2D eigenvalue weighted by atomic mass is 9.95. The Morgan fingerprint density at radius 1 is 0.920 bits per heavy atom. The molecule has 0 radical (unpaired) electrons. The zero-order valence-electron chi connectivity index (χ0n) is 14.9. The molecule has 1 atom stereocenters. The Labute approximate surface area is 148 Å². The predicted octanol–water partition coefficient (Wildman–Crippen LogP) is 4.35. The molecular formula is C20H25N3O2. The Bertz CT molecular complexity index is 714. The first-order chi connectivity index (χ1) is 12.0. The van der Waals surface area contributed by atoms with Crippen LogP contribution in [0.15, 0.2) is 54.6 Å². The molecule has 25 heavy (non-hydrogen) atoms. The molecule has 2 rings (SSSR count). The Balaban J connectivity index is 2.05. The fraction of sp³-hybridized carbons (Fsp3) is 0.300. The average molecular weight is 339 g/mol. The van der Waals surface area contributed by atoms with E-state index in [1.165, 1.54) is 0 Å². The summed E-state index contributed by atoms with van der Waals surface area (Å²) < 4.78 is 0. The van der Waals surface area contributed by atoms with E-state index in [2.05, 4.69) is 16.0 Å². The van der Waals surface area contributed by atoms with E-state index >= 15 is 0 Å². The first-order valence-electron chi connectivity index (χ1n) is 8.53. The largest absolute Gasteiger partial charge is 0.336 e. The summed E-state index contributed by atoms with van der Waals surface area (Å²) in [6.07, 6.45) is 0.713. The van der Waals surface area contributed by atoms with E-state index in [4.69, 9.17) is 0 Å². The standard InChI is InChI=1S/C20H25N3O2/c1-4-18(15-9-6-5-7-10-15)19(24)22-16-11-8-12-17(13-16)23-20(25)21-14(2)3/h5-14,18H,4H2,1-3H3,(H,22,24)(H2,21,23,25)/t18-/m1/s1. The number of hydrogen-bond acceptors (Lipinski definition) is 2. The zero-order valence-corrected chi connectivity index (χ0v) is 14.9. The van der Waals surface area contributed by atoms with Gasteiger partial charge in [-0.2, -0.15) is 0 Å². The summed E-state index contributed by atoms with van der Waals surface area (Å²) in [6, 6.07) is 16.6. The van der Waals surface area contributed by atoms with Crippen molar-refractivity contribution in [3.05, 3.63) is 60.2 Å². The van der Waals surface area contributed by atoms with Crippen LogP contribution in [0.1, 0.15) is 38.7 Å². The van der Waals surface area contributed by atoms with Gasteiger partial charge in [-0.15, -0.1) is 0 Å². The van der Waals surface area contributed by atoms with E-state index in [-0.39, 0.29) is 23.9 Å². The second-order valence-electron chi connectivity index (χ2n) is 6.19. The first-order valence-corrected chi connectivity index (χ1v) is 8.53. The van der Waals surface area contributed by atoms with Crippen LogP contribution in [0.4, 0.5) is 16.2 Å². The van der Waals surface area contributed by atoms with Crippen LogP contribution >= 0.6 is 0 Å². The lowest BCUT2D eigenvalue weighted by Gasteiger charge is -2.16. The molecule has 0 heterocycles. The summed E-state index contributed by atoms with van der Waals surface area (Å²) in [6.45, 7) is 5.78. The highest BCUT2D eigenvalue weighted by atomic mass is 16.2. The molecule has 0 saturated heterocycles. The molecule has 0 bridgehead atoms. The number of rotatable bonds is 6. The summed E-state index contributed by atoms with van der Waals surface area (Å²) in [7, 11) is 0. The monoisotopic (exact) mass is 339 g/mol. The molecule has 0 unspecified atom stereocenters. The molecule has 0 spiro atoms. The highest BCUT2D eigenvalue weighted by molar-refractivity contribution is 5.97. The first kappa shape index (κ1) is 18.5. The van der Waals surface area contributed by atoms with Crippen molar-refractivity contribution < 1.29 is 9.59 Å². The fourth-order valence-corrected chi connectivity index (χ4v) is 2.59. The van der Waals surface area contributed by atoms with Gasteiger partial charge in [0.05, 0.1) is 5.92 Å². The highest BCUT2D eigenvalue weighted by Gasteiger charge is 2.18. The Morgan fingerprint density at radius 3 is 2.16 bits per heavy atom. The van der Waals surface area contributed by atoms with Gasteiger partial charge in [-0.1, -0.05) is 43.3 Å². The molecule has 0 aliphatic rings. The molecule has 0 aromatic heterocycles. The summed E-state index contributed by atoms with van der Waals surface area (Å²) >= 11 is 0. The highest BCUT2D eigenvalue weighted by Crippen LogP contribution is 2.22. The van der Waals surface area contributed by atoms with Gasteiger partial charge in [0.25, 0.3) is 0 Å². The molecule has 5 nitrogen and oxygen atoms in total. The maximum atomic E-state index is 12.6. The van der Waals surface area contributed by atoms with E-state index in [1.54, 1.807) is 24.3 Å². The SMILES string of the molecule is CC[C@@H](C(=O)Nc1cccc(NC(=O)NC(C)C)c1)c1ccccc1. The van der Waals surface area contributed by atoms with Crippen molar-refractivity contribution in [1.29, 1.82) is 0 Å². The van der Waals surface area contributed by atoms with Crippen molar-refractivity contribution >= 4 is 23.3 Å². The lowest BCUT2D eigenvalue weighted by molar-refractivity contribution is -0.117. The minimum absolute atomic E-state index is 0.0547. The van der Waals surface area contributed by atoms with Crippen LogP contribution in [0.5, 0.6) is 0 Å². The van der Waals surface area contributed by atoms with E-state index in [0.29, 0.717) is 17.8 Å². The van der Waals surface area contributed by atoms with Crippen molar-refractivity contribution in [2.24, 2.45) is 0 Å². The summed E-state index contributed by atoms with van der Waals surface area (Å²) in [5, 5.41) is 8.46. The minimum atomic E-state index is -0.269. The Morgan fingerprint density at radius 2 is 1.56 bits per heavy atom. The number of carbonyl (C=O) groups excluding carboxylic acids is 2. The number of amides is 3. The van der Waals surface area contributed by atoms with E-state index in [1.807, 2.05) is 51.1 Å². The number of nitrogens with one attached hydrogen (secondary N) is 3. The molecule has 5 heteroatoms. The molecule has 0 fully saturated rings. The van der Waals surface area contributed by atoms with Crippen molar-refractivity contribution in [3.63, 3.8) is 0 Å². The maximum Gasteiger partial charge on any atom is 0.319 e. The number of urea groups is 1. The van der Waals surface area contributed by atoms with Gasteiger partial charge in [0.1, 0.15) is 0 Å². The van der Waals surface area contributed by atoms with Crippen LogP contribution in [-0.2, 0) is 4.79 Å². The van der Waals surface area contributed by atoms with Gasteiger partial charge >= 0.3 is 6.03 Å². The topological polar surface area (TPSA) is 70.2 Å². The Kier molecular flexibility index (Phi) is 6.57. The normalized spacial score (nSPS) is 11.7. The smallest absolute Gasteiger partial charge is 0.319 e. The predicted molar refractivity (Wildman–Crippen MR) is 102 cm³/mol. The minimum Gasteiger partial charge on any atom is -0.336 e. The second-order valence-corrected chi connectivity index (χ2v) is 6.19. The quantitative estimate of drug-likeness (QED) is 0.732. The molecule has 0 aliphatic heterocycles. The zero-order chi connectivity index (χ0) is 18.2. The third-order valence-corrected chi connectivity index (χ3v) is 3.73. The summed E-state index contributed by atoms with van der Waals surface area (Å²) in [4.78, 5) is 24.4. The van der Waals surface area contributed by atoms with Crippen molar-refractivity contribution in [2.45, 2.75) is 39.2 Å². The van der Waals surface area contributed by atoms with Crippen LogP contribution in [-0.4, -0.2) is 18.0 Å². The van der Waals surface area contributed by atoms with E-state index in [9.17, 15) is 9.59 Å². The van der Waals surface area contributed by atoms with Gasteiger partial charge in [0, 0.05) is 17.4 Å². The lowest BCUT2D eigenvalue weighted by Crippen LogP contribution is -2.34. The number of benzene rings is 2. The molecular weight excluding hydrogens is 314 g/mol. The average Bonchev–Trinajstić information content (AvgIpc) is 2.56. The molecule has 2 aromatic rings. The maximum absolute atomic E-state index is 12.6. The number of hydrogen-bond donors (Lipinski definition) is 3. The van der Waals surface area contributed by atoms with Crippen LogP contribution in [0.3, 0.4) is 0 Å². The summed E-state index contributed by atoms with van der Waals surface area (Å²) in [5.74, 6) is -0.264. The third-order valence-electron chi connectivity index (χ3n) is 3.73. The van der Waals surface area contributed by atoms with Crippen LogP contribution in [0.25, 0.3) is 0 Å². The van der Waals surface area contributed by atoms with Crippen LogP contribution in [0.2, 0.25) is 0 Å². The summed E-state index contributed by atoms with van der Waals surface area (Å²) in [5.41, 5.74) is 2.28. The van der Waals surface area contributed by atoms with Crippen molar-refractivity contribution in [1.82, 2.24) is 5.32 Å². The van der Waals surface area contributed by atoms with Crippen molar-refractivity contribution in [2.75, 3.05) is 10.6 Å². The molecule has 3 amide bonds. The van der Waals surface area contributed by atoms with Crippen LogP contribution in [0, 0.1) is 0 Å². The van der Waals surface area contributed by atoms with Crippen LogP contribution < -0.4 is 16.0 Å². The number of carbonyl (C=O) groups is 2. The van der Waals surface area contributed by atoms with Gasteiger partial charge in [-0.05, 0) is 44.0 Å². The van der Waals surface area contributed by atoms with Gasteiger partial charge in [-0.25, -0.2) is 4.79 Å². The molecule has 2 aromatic carbocycles. The molecule has 3 N–H and O–H groups in total. The molecule has 0 saturated carbocycles. The van der Waals surface area contributed by atoms with Crippen molar-refractivity contribution in [3.8, 4) is 0 Å². The van der Waals surface area contributed by atoms with Gasteiger partial charge < -0.3 is 16.0 Å². The second kappa shape index (κ2) is 8.87. The number of anilines is 2. The fourth-order valence-electron chi connectivity index (χ4n) is 2.59. The third kappa shape index (κ3) is 5.64. The van der Waals surface area contributed by atoms with Gasteiger partial charge in [0.15, 0.2) is 0 Å². The van der Waals surface area contributed by atoms with Gasteiger partial charge in [0.2, 0.25) is 5.91 Å². The Hall–Kier alpha value is -2.82.